The van der Waals surface area contributed by atoms with Crippen LogP contribution >= 0.6 is 0 Å². The Morgan fingerprint density at radius 2 is 1.43 bits per heavy atom. The van der Waals surface area contributed by atoms with Crippen LogP contribution < -0.4 is 15.0 Å². The maximum Gasteiger partial charge on any atom is 0.255 e. The fraction of sp³-hybridized carbons (Fsp3) is 0.276. The maximum atomic E-state index is 12.9. The molecule has 0 bridgehead atoms. The van der Waals surface area contributed by atoms with Crippen molar-refractivity contribution in [3.8, 4) is 11.5 Å². The number of nitrogens with one attached hydrogen (secondary N) is 1. The van der Waals surface area contributed by atoms with Crippen molar-refractivity contribution in [1.82, 2.24) is 0 Å². The first-order valence-corrected chi connectivity index (χ1v) is 12.0. The fourth-order valence-electron chi connectivity index (χ4n) is 4.96. The Balaban J connectivity index is 1.23. The maximum absolute atomic E-state index is 12.9. The average Bonchev–Trinajstić information content (AvgIpc) is 3.11. The van der Waals surface area contributed by atoms with Gasteiger partial charge in [-0.3, -0.25) is 19.3 Å². The Bertz CT molecular complexity index is 1250. The highest BCUT2D eigenvalue weighted by Gasteiger charge is 2.49. The number of benzene rings is 3. The zero-order valence-corrected chi connectivity index (χ0v) is 19.9. The Kier molecular flexibility index (Phi) is 6.12. The average molecular weight is 469 g/mol. The van der Waals surface area contributed by atoms with E-state index in [0.717, 1.165) is 30.6 Å². The molecular weight excluding hydrogens is 440 g/mol. The number of rotatable bonds is 5. The molecule has 3 atom stereocenters. The Labute approximate surface area is 204 Å². The van der Waals surface area contributed by atoms with Gasteiger partial charge in [0.1, 0.15) is 11.5 Å². The summed E-state index contributed by atoms with van der Waals surface area (Å²) in [6.45, 7) is 4.15. The normalized spacial score (nSPS) is 21.5. The highest BCUT2D eigenvalue weighted by atomic mass is 16.5. The van der Waals surface area contributed by atoms with E-state index < -0.39 is 0 Å². The van der Waals surface area contributed by atoms with Crippen LogP contribution in [-0.4, -0.2) is 17.7 Å². The molecule has 5 rings (SSSR count). The molecule has 1 heterocycles. The number of nitrogens with zero attached hydrogens (tertiary/aromatic N) is 1. The third-order valence-electron chi connectivity index (χ3n) is 6.94. The highest BCUT2D eigenvalue weighted by Crippen LogP contribution is 2.42. The number of carbonyl (C=O) groups is 3. The van der Waals surface area contributed by atoms with Gasteiger partial charge in [0, 0.05) is 11.3 Å². The Morgan fingerprint density at radius 1 is 0.829 bits per heavy atom. The predicted molar refractivity (Wildman–Crippen MR) is 135 cm³/mol. The summed E-state index contributed by atoms with van der Waals surface area (Å²) in [5, 5.41) is 2.87. The minimum Gasteiger partial charge on any atom is -0.457 e. The summed E-state index contributed by atoms with van der Waals surface area (Å²) >= 11 is 0. The molecule has 3 aromatic carbocycles. The van der Waals surface area contributed by atoms with Gasteiger partial charge in [0.05, 0.1) is 17.5 Å². The lowest BCUT2D eigenvalue weighted by Gasteiger charge is -2.25. The molecule has 0 aromatic heterocycles. The zero-order chi connectivity index (χ0) is 24.5. The van der Waals surface area contributed by atoms with Gasteiger partial charge in [0.25, 0.3) is 5.91 Å². The monoisotopic (exact) mass is 468 g/mol. The SMILES string of the molecule is Cc1ccc(Oc2ccc(NC(=O)c3ccc(N4C(=O)[C@@H]5CC[C@@H](C)C[C@H]5C4=O)cc3)cc2)cc1. The van der Waals surface area contributed by atoms with Crippen molar-refractivity contribution in [2.75, 3.05) is 10.2 Å². The summed E-state index contributed by atoms with van der Waals surface area (Å²) in [6, 6.07) is 21.6. The van der Waals surface area contributed by atoms with Crippen LogP contribution in [0, 0.1) is 24.7 Å². The number of fused-ring (bicyclic) bond motifs is 1. The topological polar surface area (TPSA) is 75.7 Å². The van der Waals surface area contributed by atoms with Gasteiger partial charge in [-0.05, 0) is 92.8 Å². The number of carbonyl (C=O) groups excluding carboxylic acids is 3. The van der Waals surface area contributed by atoms with Crippen LogP contribution in [-0.2, 0) is 9.59 Å². The van der Waals surface area contributed by atoms with Gasteiger partial charge in [-0.1, -0.05) is 24.6 Å². The van der Waals surface area contributed by atoms with Crippen LogP contribution in [0.2, 0.25) is 0 Å². The first-order chi connectivity index (χ1) is 16.9. The number of amides is 3. The Hall–Kier alpha value is -3.93. The summed E-state index contributed by atoms with van der Waals surface area (Å²) < 4.78 is 5.83. The molecule has 1 saturated carbocycles. The van der Waals surface area contributed by atoms with E-state index in [2.05, 4.69) is 12.2 Å². The minimum absolute atomic E-state index is 0.114. The number of hydrogen-bond donors (Lipinski definition) is 1. The molecule has 1 aliphatic carbocycles. The third-order valence-corrected chi connectivity index (χ3v) is 6.94. The van der Waals surface area contributed by atoms with E-state index in [0.29, 0.717) is 28.6 Å². The molecule has 3 amide bonds. The van der Waals surface area contributed by atoms with Gasteiger partial charge < -0.3 is 10.1 Å². The number of imide groups is 1. The molecule has 0 spiro atoms. The van der Waals surface area contributed by atoms with Gasteiger partial charge in [-0.2, -0.15) is 0 Å². The number of hydrogen-bond acceptors (Lipinski definition) is 4. The first kappa shape index (κ1) is 22.8. The standard InChI is InChI=1S/C29H28N2O4/c1-18-3-12-23(13-4-18)35-24-14-8-21(9-15-24)30-27(32)20-6-10-22(11-7-20)31-28(33)25-16-5-19(2)17-26(25)29(31)34/h3-4,6-15,19,25-26H,5,16-17H2,1-2H3,(H,30,32)/t19-,25-,26-/m1/s1. The molecule has 2 fully saturated rings. The second-order valence-electron chi connectivity index (χ2n) is 9.58. The molecule has 35 heavy (non-hydrogen) atoms. The van der Waals surface area contributed by atoms with Crippen LogP contribution in [0.1, 0.15) is 42.1 Å². The van der Waals surface area contributed by atoms with Gasteiger partial charge in [-0.15, -0.1) is 0 Å². The number of ether oxygens (including phenoxy) is 1. The van der Waals surface area contributed by atoms with Crippen LogP contribution in [0.25, 0.3) is 0 Å². The van der Waals surface area contributed by atoms with Crippen molar-refractivity contribution < 1.29 is 19.1 Å². The molecule has 0 unspecified atom stereocenters. The van der Waals surface area contributed by atoms with E-state index in [1.807, 2.05) is 31.2 Å². The van der Waals surface area contributed by atoms with Crippen molar-refractivity contribution >= 4 is 29.1 Å². The molecule has 0 radical (unpaired) electrons. The van der Waals surface area contributed by atoms with Gasteiger partial charge in [0.2, 0.25) is 11.8 Å². The van der Waals surface area contributed by atoms with E-state index in [1.165, 1.54) is 4.90 Å². The highest BCUT2D eigenvalue weighted by molar-refractivity contribution is 6.22. The van der Waals surface area contributed by atoms with Crippen LogP contribution in [0.4, 0.5) is 11.4 Å². The molecule has 3 aromatic rings. The van der Waals surface area contributed by atoms with E-state index in [9.17, 15) is 14.4 Å². The minimum atomic E-state index is -0.273. The molecular formula is C29H28N2O4. The first-order valence-electron chi connectivity index (χ1n) is 12.0. The molecule has 6 heteroatoms. The fourth-order valence-corrected chi connectivity index (χ4v) is 4.96. The summed E-state index contributed by atoms with van der Waals surface area (Å²) in [5.41, 5.74) is 2.77. The predicted octanol–water partition coefficient (Wildman–Crippen LogP) is 5.97. The molecule has 1 aliphatic heterocycles. The van der Waals surface area contributed by atoms with Crippen LogP contribution in [0.15, 0.2) is 72.8 Å². The zero-order valence-electron chi connectivity index (χ0n) is 19.9. The quantitative estimate of drug-likeness (QED) is 0.469. The summed E-state index contributed by atoms with van der Waals surface area (Å²) in [6.07, 6.45) is 2.51. The lowest BCUT2D eigenvalue weighted by Crippen LogP contribution is -2.30. The van der Waals surface area contributed by atoms with E-state index >= 15 is 0 Å². The molecule has 178 valence electrons. The van der Waals surface area contributed by atoms with Gasteiger partial charge in [0.15, 0.2) is 0 Å². The van der Waals surface area contributed by atoms with E-state index in [1.54, 1.807) is 48.5 Å². The van der Waals surface area contributed by atoms with Gasteiger partial charge in [-0.25, -0.2) is 0 Å². The number of anilines is 2. The molecule has 2 aliphatic rings. The van der Waals surface area contributed by atoms with Crippen molar-refractivity contribution in [2.45, 2.75) is 33.1 Å². The lowest BCUT2D eigenvalue weighted by atomic mass is 9.76. The molecule has 1 saturated heterocycles. The lowest BCUT2D eigenvalue weighted by molar-refractivity contribution is -0.122. The van der Waals surface area contributed by atoms with Crippen molar-refractivity contribution in [1.29, 1.82) is 0 Å². The van der Waals surface area contributed by atoms with Crippen molar-refractivity contribution in [2.24, 2.45) is 17.8 Å². The largest absolute Gasteiger partial charge is 0.457 e. The molecule has 6 nitrogen and oxygen atoms in total. The van der Waals surface area contributed by atoms with E-state index in [4.69, 9.17) is 4.74 Å². The summed E-state index contributed by atoms with van der Waals surface area (Å²) in [4.78, 5) is 39.9. The second kappa shape index (κ2) is 9.37. The van der Waals surface area contributed by atoms with Crippen molar-refractivity contribution in [3.63, 3.8) is 0 Å². The summed E-state index contributed by atoms with van der Waals surface area (Å²) in [5.74, 6) is 0.954. The van der Waals surface area contributed by atoms with Crippen LogP contribution in [0.5, 0.6) is 11.5 Å². The summed E-state index contributed by atoms with van der Waals surface area (Å²) in [7, 11) is 0. The molecule has 1 N–H and O–H groups in total. The Morgan fingerprint density at radius 3 is 2.09 bits per heavy atom. The third kappa shape index (κ3) is 4.69. The second-order valence-corrected chi connectivity index (χ2v) is 9.58. The van der Waals surface area contributed by atoms with Crippen LogP contribution in [0.3, 0.4) is 0 Å². The van der Waals surface area contributed by atoms with Crippen molar-refractivity contribution in [3.05, 3.63) is 83.9 Å². The van der Waals surface area contributed by atoms with E-state index in [-0.39, 0.29) is 29.6 Å². The van der Waals surface area contributed by atoms with Gasteiger partial charge >= 0.3 is 0 Å². The number of aryl methyl sites for hydroxylation is 1. The smallest absolute Gasteiger partial charge is 0.255 e.